The van der Waals surface area contributed by atoms with E-state index in [1.165, 1.54) is 24.3 Å². The molecule has 0 aliphatic heterocycles. The lowest BCUT2D eigenvalue weighted by molar-refractivity contribution is -0.124. The summed E-state index contributed by atoms with van der Waals surface area (Å²) in [5.41, 5.74) is 1.66. The average molecular weight is 453 g/mol. The minimum absolute atomic E-state index is 0.235. The number of esters is 1. The zero-order valence-electron chi connectivity index (χ0n) is 18.7. The van der Waals surface area contributed by atoms with E-state index in [1.54, 1.807) is 6.07 Å². The molecular weight excluding hydrogens is 426 g/mol. The molecule has 33 heavy (non-hydrogen) atoms. The second-order valence-corrected chi connectivity index (χ2v) is 6.78. The number of hydrogen-bond acceptors (Lipinski definition) is 7. The van der Waals surface area contributed by atoms with Crippen molar-refractivity contribution in [1.82, 2.24) is 5.32 Å². The van der Waals surface area contributed by atoms with E-state index in [0.29, 0.717) is 43.4 Å². The summed E-state index contributed by atoms with van der Waals surface area (Å²) in [6, 6.07) is 13.3. The Kier molecular flexibility index (Phi) is 10.2. The van der Waals surface area contributed by atoms with Gasteiger partial charge in [-0.1, -0.05) is 6.07 Å². The predicted molar refractivity (Wildman–Crippen MR) is 121 cm³/mol. The number of nitrogens with zero attached hydrogens (tertiary/aromatic N) is 1. The van der Waals surface area contributed by atoms with E-state index in [9.17, 15) is 14.4 Å². The van der Waals surface area contributed by atoms with Crippen molar-refractivity contribution in [1.29, 1.82) is 5.26 Å². The van der Waals surface area contributed by atoms with Gasteiger partial charge in [0, 0.05) is 12.2 Å². The molecule has 0 saturated heterocycles. The van der Waals surface area contributed by atoms with Crippen LogP contribution in [0.5, 0.6) is 11.5 Å². The third kappa shape index (κ3) is 8.53. The number of ether oxygens (including phenoxy) is 3. The fourth-order valence-electron chi connectivity index (χ4n) is 2.83. The van der Waals surface area contributed by atoms with Gasteiger partial charge in [0.1, 0.15) is 6.42 Å². The lowest BCUT2D eigenvalue weighted by atomic mass is 10.1. The minimum atomic E-state index is -0.659. The highest BCUT2D eigenvalue weighted by molar-refractivity contribution is 5.94. The number of rotatable bonds is 12. The second kappa shape index (κ2) is 13.4. The molecule has 0 bridgehead atoms. The number of carbonyl (C=O) groups excluding carboxylic acids is 3. The summed E-state index contributed by atoms with van der Waals surface area (Å²) < 4.78 is 16.2. The molecule has 0 spiro atoms. The van der Waals surface area contributed by atoms with E-state index in [0.717, 1.165) is 5.56 Å². The Balaban J connectivity index is 1.76. The fraction of sp³-hybridized carbons (Fsp3) is 0.333. The first-order valence-electron chi connectivity index (χ1n) is 10.6. The van der Waals surface area contributed by atoms with Crippen molar-refractivity contribution < 1.29 is 28.6 Å². The zero-order chi connectivity index (χ0) is 24.1. The minimum Gasteiger partial charge on any atom is -0.490 e. The van der Waals surface area contributed by atoms with Crippen LogP contribution >= 0.6 is 0 Å². The maximum Gasteiger partial charge on any atom is 0.338 e. The topological polar surface area (TPSA) is 127 Å². The second-order valence-electron chi connectivity index (χ2n) is 6.78. The van der Waals surface area contributed by atoms with Crippen LogP contribution in [0.1, 0.15) is 36.2 Å². The van der Waals surface area contributed by atoms with Crippen LogP contribution in [0.25, 0.3) is 0 Å². The van der Waals surface area contributed by atoms with Gasteiger partial charge in [-0.05, 0) is 62.2 Å². The summed E-state index contributed by atoms with van der Waals surface area (Å²) in [5, 5.41) is 13.7. The predicted octanol–water partition coefficient (Wildman–Crippen LogP) is 2.85. The Labute approximate surface area is 192 Å². The van der Waals surface area contributed by atoms with Gasteiger partial charge in [-0.3, -0.25) is 9.59 Å². The Morgan fingerprint density at radius 1 is 0.939 bits per heavy atom. The van der Waals surface area contributed by atoms with Crippen LogP contribution in [0.3, 0.4) is 0 Å². The smallest absolute Gasteiger partial charge is 0.338 e. The van der Waals surface area contributed by atoms with Crippen LogP contribution in [0.4, 0.5) is 5.69 Å². The van der Waals surface area contributed by atoms with E-state index in [4.69, 9.17) is 19.5 Å². The Bertz CT molecular complexity index is 998. The quantitative estimate of drug-likeness (QED) is 0.473. The monoisotopic (exact) mass is 453 g/mol. The first kappa shape index (κ1) is 25.2. The summed E-state index contributed by atoms with van der Waals surface area (Å²) in [4.78, 5) is 35.5. The van der Waals surface area contributed by atoms with Crippen molar-refractivity contribution in [2.24, 2.45) is 0 Å². The first-order valence-corrected chi connectivity index (χ1v) is 10.6. The Morgan fingerprint density at radius 2 is 1.64 bits per heavy atom. The number of benzene rings is 2. The first-order chi connectivity index (χ1) is 16.0. The Hall–Kier alpha value is -4.06. The summed E-state index contributed by atoms with van der Waals surface area (Å²) in [7, 11) is 0. The molecule has 2 aromatic carbocycles. The van der Waals surface area contributed by atoms with Crippen LogP contribution < -0.4 is 20.1 Å². The number of nitrogens with one attached hydrogen (secondary N) is 2. The van der Waals surface area contributed by atoms with Gasteiger partial charge in [0.25, 0.3) is 5.91 Å². The number of nitriles is 1. The van der Waals surface area contributed by atoms with E-state index < -0.39 is 24.4 Å². The van der Waals surface area contributed by atoms with Gasteiger partial charge < -0.3 is 24.8 Å². The van der Waals surface area contributed by atoms with Gasteiger partial charge in [0.15, 0.2) is 18.1 Å². The molecule has 0 unspecified atom stereocenters. The van der Waals surface area contributed by atoms with Crippen LogP contribution in [0.2, 0.25) is 0 Å². The van der Waals surface area contributed by atoms with Crippen molar-refractivity contribution in [2.75, 3.05) is 31.7 Å². The molecule has 2 aromatic rings. The van der Waals surface area contributed by atoms with Crippen molar-refractivity contribution in [2.45, 2.75) is 26.7 Å². The molecule has 2 rings (SSSR count). The third-order valence-corrected chi connectivity index (χ3v) is 4.32. The summed E-state index contributed by atoms with van der Waals surface area (Å²) in [6.07, 6.45) is 0.316. The van der Waals surface area contributed by atoms with Gasteiger partial charge in [-0.25, -0.2) is 4.79 Å². The van der Waals surface area contributed by atoms with Crippen molar-refractivity contribution in [3.63, 3.8) is 0 Å². The number of carbonyl (C=O) groups is 3. The standard InChI is InChI=1S/C24H27N3O6/c1-3-31-20-10-5-17(15-21(20)32-4-2)12-14-26-23(29)16-33-24(30)18-6-8-19(9-7-18)27-22(28)11-13-25/h5-10,15H,3-4,11-12,14,16H2,1-2H3,(H,26,29)(H,27,28). The van der Waals surface area contributed by atoms with Crippen molar-refractivity contribution in [3.8, 4) is 17.6 Å². The highest BCUT2D eigenvalue weighted by Gasteiger charge is 2.11. The highest BCUT2D eigenvalue weighted by Crippen LogP contribution is 2.28. The molecule has 0 saturated carbocycles. The third-order valence-electron chi connectivity index (χ3n) is 4.32. The van der Waals surface area contributed by atoms with Gasteiger partial charge in [0.2, 0.25) is 5.91 Å². The van der Waals surface area contributed by atoms with Gasteiger partial charge in [-0.2, -0.15) is 5.26 Å². The molecule has 9 heteroatoms. The lowest BCUT2D eigenvalue weighted by Crippen LogP contribution is -2.30. The van der Waals surface area contributed by atoms with Crippen LogP contribution in [-0.4, -0.2) is 44.1 Å². The lowest BCUT2D eigenvalue weighted by Gasteiger charge is -2.12. The zero-order valence-corrected chi connectivity index (χ0v) is 18.7. The number of anilines is 1. The molecule has 174 valence electrons. The van der Waals surface area contributed by atoms with Crippen LogP contribution in [0, 0.1) is 11.3 Å². The largest absolute Gasteiger partial charge is 0.490 e. The number of hydrogen-bond donors (Lipinski definition) is 2. The summed E-state index contributed by atoms with van der Waals surface area (Å²) >= 11 is 0. The molecule has 2 amide bonds. The maximum atomic E-state index is 12.1. The van der Waals surface area contributed by atoms with Gasteiger partial charge in [-0.15, -0.1) is 0 Å². The molecule has 0 atom stereocenters. The fourth-order valence-corrected chi connectivity index (χ4v) is 2.83. The van der Waals surface area contributed by atoms with Crippen LogP contribution in [0.15, 0.2) is 42.5 Å². The molecule has 0 fully saturated rings. The molecular formula is C24H27N3O6. The van der Waals surface area contributed by atoms with E-state index in [-0.39, 0.29) is 12.0 Å². The number of amides is 2. The Morgan fingerprint density at radius 3 is 2.30 bits per heavy atom. The molecule has 0 radical (unpaired) electrons. The molecule has 0 heterocycles. The normalized spacial score (nSPS) is 9.97. The molecule has 0 aliphatic rings. The van der Waals surface area contributed by atoms with E-state index in [2.05, 4.69) is 10.6 Å². The van der Waals surface area contributed by atoms with E-state index in [1.807, 2.05) is 32.0 Å². The summed E-state index contributed by atoms with van der Waals surface area (Å²) in [6.45, 7) is 4.81. The summed E-state index contributed by atoms with van der Waals surface area (Å²) in [5.74, 6) is -0.180. The van der Waals surface area contributed by atoms with E-state index >= 15 is 0 Å². The molecule has 2 N–H and O–H groups in total. The molecule has 0 aliphatic carbocycles. The maximum absolute atomic E-state index is 12.1. The molecule has 0 aromatic heterocycles. The average Bonchev–Trinajstić information content (AvgIpc) is 2.80. The van der Waals surface area contributed by atoms with Crippen molar-refractivity contribution in [3.05, 3.63) is 53.6 Å². The SMILES string of the molecule is CCOc1ccc(CCNC(=O)COC(=O)c2ccc(NC(=O)CC#N)cc2)cc1OCC. The van der Waals surface area contributed by atoms with Crippen LogP contribution in [-0.2, 0) is 20.7 Å². The highest BCUT2D eigenvalue weighted by atomic mass is 16.5. The van der Waals surface area contributed by atoms with Gasteiger partial charge >= 0.3 is 5.97 Å². The van der Waals surface area contributed by atoms with Gasteiger partial charge in [0.05, 0.1) is 24.8 Å². The molecule has 9 nitrogen and oxygen atoms in total. The van der Waals surface area contributed by atoms with Crippen molar-refractivity contribution >= 4 is 23.5 Å².